The maximum atomic E-state index is 5.96. The zero-order valence-electron chi connectivity index (χ0n) is 6.56. The maximum Gasteiger partial charge on any atom is 0.0862 e. The number of nitrogens with zero attached hydrogens (tertiary/aromatic N) is 2. The van der Waals surface area contributed by atoms with Crippen molar-refractivity contribution in [2.45, 2.75) is 19.2 Å². The summed E-state index contributed by atoms with van der Waals surface area (Å²) in [6.45, 7) is 2.02. The lowest BCUT2D eigenvalue weighted by molar-refractivity contribution is 0.719. The molecule has 0 aliphatic carbocycles. The van der Waals surface area contributed by atoms with Gasteiger partial charge in [-0.25, -0.2) is 0 Å². The van der Waals surface area contributed by atoms with Crippen LogP contribution in [0.5, 0.6) is 0 Å². The summed E-state index contributed by atoms with van der Waals surface area (Å²) in [5, 5.41) is 4.91. The largest absolute Gasteiger partial charge is 0.270 e. The molecule has 0 bridgehead atoms. The lowest BCUT2D eigenvalue weighted by Gasteiger charge is -1.93. The average molecular weight is 193 g/mol. The van der Waals surface area contributed by atoms with Gasteiger partial charge in [0.25, 0.3) is 0 Å². The van der Waals surface area contributed by atoms with Crippen LogP contribution in [-0.2, 0) is 19.3 Å². The topological polar surface area (TPSA) is 17.8 Å². The summed E-state index contributed by atoms with van der Waals surface area (Å²) in [5.74, 6) is 0.419. The number of hydrogen-bond donors (Lipinski definition) is 0. The number of hydrogen-bond acceptors (Lipinski definition) is 1. The standard InChI is InChI=1S/C7H10Cl2N2/c1-3-5-7(9)6(4-8)11(2)10-5/h3-4H2,1-2H3. The molecule has 0 N–H and O–H groups in total. The van der Waals surface area contributed by atoms with E-state index in [4.69, 9.17) is 23.2 Å². The molecular weight excluding hydrogens is 183 g/mol. The second-order valence-electron chi connectivity index (χ2n) is 2.32. The van der Waals surface area contributed by atoms with Crippen molar-refractivity contribution in [1.82, 2.24) is 9.78 Å². The molecule has 0 aliphatic rings. The van der Waals surface area contributed by atoms with Gasteiger partial charge < -0.3 is 0 Å². The maximum absolute atomic E-state index is 5.96. The molecule has 0 spiro atoms. The summed E-state index contributed by atoms with van der Waals surface area (Å²) in [6.07, 6.45) is 0.851. The lowest BCUT2D eigenvalue weighted by Crippen LogP contribution is -1.95. The minimum absolute atomic E-state index is 0.419. The highest BCUT2D eigenvalue weighted by molar-refractivity contribution is 6.32. The molecule has 0 fully saturated rings. The zero-order chi connectivity index (χ0) is 8.43. The molecule has 0 unspecified atom stereocenters. The van der Waals surface area contributed by atoms with Gasteiger partial charge in [0.2, 0.25) is 0 Å². The smallest absolute Gasteiger partial charge is 0.0862 e. The van der Waals surface area contributed by atoms with Crippen molar-refractivity contribution in [1.29, 1.82) is 0 Å². The SMILES string of the molecule is CCc1nn(C)c(CCl)c1Cl. The number of alkyl halides is 1. The van der Waals surface area contributed by atoms with E-state index in [1.807, 2.05) is 14.0 Å². The normalized spacial score (nSPS) is 10.5. The van der Waals surface area contributed by atoms with Crippen LogP contribution in [0.3, 0.4) is 0 Å². The summed E-state index contributed by atoms with van der Waals surface area (Å²) in [7, 11) is 1.85. The molecule has 2 nitrogen and oxygen atoms in total. The molecule has 0 amide bonds. The van der Waals surface area contributed by atoms with E-state index in [0.29, 0.717) is 10.9 Å². The molecule has 0 atom stereocenters. The van der Waals surface area contributed by atoms with Crippen LogP contribution in [0.4, 0.5) is 0 Å². The minimum Gasteiger partial charge on any atom is -0.270 e. The van der Waals surface area contributed by atoms with Gasteiger partial charge in [0.15, 0.2) is 0 Å². The third-order valence-electron chi connectivity index (χ3n) is 1.63. The second kappa shape index (κ2) is 3.46. The summed E-state index contributed by atoms with van der Waals surface area (Å²) in [4.78, 5) is 0. The fraction of sp³-hybridized carbons (Fsp3) is 0.571. The highest BCUT2D eigenvalue weighted by Crippen LogP contribution is 2.21. The van der Waals surface area contributed by atoms with Crippen molar-refractivity contribution in [2.24, 2.45) is 7.05 Å². The molecule has 1 heterocycles. The Morgan fingerprint density at radius 3 is 2.45 bits per heavy atom. The van der Waals surface area contributed by atoms with Crippen LogP contribution in [-0.4, -0.2) is 9.78 Å². The molecule has 0 aliphatic heterocycles. The third kappa shape index (κ3) is 1.52. The summed E-state index contributed by atoms with van der Waals surface area (Å²) in [5.41, 5.74) is 1.81. The Morgan fingerprint density at radius 1 is 1.55 bits per heavy atom. The van der Waals surface area contributed by atoms with Gasteiger partial charge in [-0.05, 0) is 6.42 Å². The Bertz CT molecular complexity index is 255. The quantitative estimate of drug-likeness (QED) is 0.659. The van der Waals surface area contributed by atoms with Crippen LogP contribution in [0.2, 0.25) is 5.02 Å². The predicted molar refractivity (Wildman–Crippen MR) is 47.2 cm³/mol. The predicted octanol–water partition coefficient (Wildman–Crippen LogP) is 2.37. The number of halogens is 2. The summed E-state index contributed by atoms with van der Waals surface area (Å²) >= 11 is 11.6. The molecule has 1 rings (SSSR count). The van der Waals surface area contributed by atoms with E-state index in [0.717, 1.165) is 17.8 Å². The van der Waals surface area contributed by atoms with Crippen LogP contribution in [0.15, 0.2) is 0 Å². The molecule has 1 aromatic heterocycles. The summed E-state index contributed by atoms with van der Waals surface area (Å²) < 4.78 is 1.73. The fourth-order valence-corrected chi connectivity index (χ4v) is 1.70. The Hall–Kier alpha value is -0.210. The molecule has 0 saturated carbocycles. The molecule has 0 radical (unpaired) electrons. The molecule has 11 heavy (non-hydrogen) atoms. The van der Waals surface area contributed by atoms with E-state index >= 15 is 0 Å². The van der Waals surface area contributed by atoms with Crippen molar-refractivity contribution >= 4 is 23.2 Å². The minimum atomic E-state index is 0.419. The van der Waals surface area contributed by atoms with Gasteiger partial charge in [-0.1, -0.05) is 18.5 Å². The molecule has 1 aromatic rings. The van der Waals surface area contributed by atoms with Crippen molar-refractivity contribution in [3.8, 4) is 0 Å². The Kier molecular flexibility index (Phi) is 2.79. The number of aromatic nitrogens is 2. The Morgan fingerprint density at radius 2 is 2.18 bits per heavy atom. The first-order valence-electron chi connectivity index (χ1n) is 3.46. The van der Waals surface area contributed by atoms with Gasteiger partial charge in [-0.2, -0.15) is 5.10 Å². The van der Waals surface area contributed by atoms with Crippen LogP contribution < -0.4 is 0 Å². The first kappa shape index (κ1) is 8.88. The molecule has 4 heteroatoms. The third-order valence-corrected chi connectivity index (χ3v) is 2.32. The van der Waals surface area contributed by atoms with Crippen LogP contribution in [0.1, 0.15) is 18.3 Å². The number of aryl methyl sites for hydroxylation is 2. The van der Waals surface area contributed by atoms with Crippen LogP contribution >= 0.6 is 23.2 Å². The van der Waals surface area contributed by atoms with Crippen LogP contribution in [0, 0.1) is 0 Å². The van der Waals surface area contributed by atoms with E-state index in [9.17, 15) is 0 Å². The van der Waals surface area contributed by atoms with E-state index in [1.165, 1.54) is 0 Å². The van der Waals surface area contributed by atoms with E-state index in [1.54, 1.807) is 4.68 Å². The fourth-order valence-electron chi connectivity index (χ4n) is 0.965. The highest BCUT2D eigenvalue weighted by atomic mass is 35.5. The van der Waals surface area contributed by atoms with Crippen molar-refractivity contribution in [3.05, 3.63) is 16.4 Å². The molecular formula is C7H10Cl2N2. The average Bonchev–Trinajstić information content (AvgIpc) is 2.26. The van der Waals surface area contributed by atoms with Gasteiger partial charge in [-0.15, -0.1) is 11.6 Å². The first-order valence-corrected chi connectivity index (χ1v) is 4.38. The molecule has 0 saturated heterocycles. The van der Waals surface area contributed by atoms with Gasteiger partial charge in [0.1, 0.15) is 0 Å². The summed E-state index contributed by atoms with van der Waals surface area (Å²) in [6, 6.07) is 0. The second-order valence-corrected chi connectivity index (χ2v) is 2.96. The van der Waals surface area contributed by atoms with Gasteiger partial charge in [0.05, 0.1) is 22.3 Å². The zero-order valence-corrected chi connectivity index (χ0v) is 8.08. The number of rotatable bonds is 2. The Labute approximate surface area is 76.1 Å². The Balaban J connectivity index is 3.14. The van der Waals surface area contributed by atoms with E-state index in [-0.39, 0.29) is 0 Å². The molecule has 0 aromatic carbocycles. The first-order chi connectivity index (χ1) is 5.20. The lowest BCUT2D eigenvalue weighted by atomic mass is 10.3. The van der Waals surface area contributed by atoms with Crippen molar-refractivity contribution < 1.29 is 0 Å². The van der Waals surface area contributed by atoms with Gasteiger partial charge >= 0.3 is 0 Å². The van der Waals surface area contributed by atoms with Gasteiger partial charge in [-0.3, -0.25) is 4.68 Å². The molecule has 62 valence electrons. The van der Waals surface area contributed by atoms with E-state index in [2.05, 4.69) is 5.10 Å². The van der Waals surface area contributed by atoms with Gasteiger partial charge in [0, 0.05) is 7.05 Å². The van der Waals surface area contributed by atoms with Crippen LogP contribution in [0.25, 0.3) is 0 Å². The van der Waals surface area contributed by atoms with Crippen molar-refractivity contribution in [2.75, 3.05) is 0 Å². The highest BCUT2D eigenvalue weighted by Gasteiger charge is 2.10. The monoisotopic (exact) mass is 192 g/mol. The van der Waals surface area contributed by atoms with Crippen molar-refractivity contribution in [3.63, 3.8) is 0 Å². The van der Waals surface area contributed by atoms with E-state index < -0.39 is 0 Å².